The molecule has 0 aliphatic carbocycles. The van der Waals surface area contributed by atoms with E-state index >= 15 is 0 Å². The standard InChI is InChI=1S/C29H13N9/c1-33-26-29(34-2)38(20-12-7-4-8-13-20)28(36-26)22-15-9-14-21(23(22)16-30)27-35-24(17-31)25(18-32)37(27)19-10-5-3-6-11-19/h3-15H. The van der Waals surface area contributed by atoms with Gasteiger partial charge in [-0.05, 0) is 36.4 Å². The molecule has 174 valence electrons. The van der Waals surface area contributed by atoms with Gasteiger partial charge in [0.25, 0.3) is 11.6 Å². The third kappa shape index (κ3) is 3.62. The molecule has 0 aliphatic heterocycles. The predicted molar refractivity (Wildman–Crippen MR) is 138 cm³/mol. The lowest BCUT2D eigenvalue weighted by atomic mass is 10.0. The smallest absolute Gasteiger partial charge is 0.308 e. The van der Waals surface area contributed by atoms with Gasteiger partial charge in [0.2, 0.25) is 0 Å². The van der Waals surface area contributed by atoms with Crippen LogP contribution in [-0.4, -0.2) is 19.1 Å². The summed E-state index contributed by atoms with van der Waals surface area (Å²) in [4.78, 5) is 15.9. The second-order valence-electron chi connectivity index (χ2n) is 7.84. The molecule has 3 aromatic carbocycles. The summed E-state index contributed by atoms with van der Waals surface area (Å²) in [7, 11) is 0. The minimum absolute atomic E-state index is 0.0276. The average Bonchev–Trinajstić information content (AvgIpc) is 3.55. The average molecular weight is 487 g/mol. The molecule has 0 aliphatic rings. The molecule has 0 saturated heterocycles. The first-order valence-electron chi connectivity index (χ1n) is 11.1. The zero-order chi connectivity index (χ0) is 26.6. The Bertz CT molecular complexity index is 1780. The van der Waals surface area contributed by atoms with Crippen LogP contribution in [0.1, 0.15) is 17.0 Å². The molecule has 0 amide bonds. The topological polar surface area (TPSA) is 116 Å². The molecule has 0 N–H and O–H groups in total. The van der Waals surface area contributed by atoms with Gasteiger partial charge in [-0.2, -0.15) is 15.8 Å². The van der Waals surface area contributed by atoms with Crippen LogP contribution in [0.4, 0.5) is 11.6 Å². The highest BCUT2D eigenvalue weighted by Gasteiger charge is 2.30. The summed E-state index contributed by atoms with van der Waals surface area (Å²) in [5, 5.41) is 29.9. The Labute approximate surface area is 217 Å². The number of hydrogen-bond donors (Lipinski definition) is 0. The van der Waals surface area contributed by atoms with Crippen LogP contribution in [-0.2, 0) is 0 Å². The largest absolute Gasteiger partial charge is 0.373 e. The van der Waals surface area contributed by atoms with Gasteiger partial charge in [-0.3, -0.25) is 4.57 Å². The van der Waals surface area contributed by atoms with Crippen molar-refractivity contribution in [3.05, 3.63) is 119 Å². The molecule has 0 bridgehead atoms. The van der Waals surface area contributed by atoms with Crippen LogP contribution in [0.2, 0.25) is 0 Å². The highest BCUT2D eigenvalue weighted by molar-refractivity contribution is 5.83. The van der Waals surface area contributed by atoms with Crippen molar-refractivity contribution >= 4 is 11.6 Å². The molecule has 2 aromatic heterocycles. The summed E-state index contributed by atoms with van der Waals surface area (Å²) in [6.07, 6.45) is 0. The first-order chi connectivity index (χ1) is 18.7. The fourth-order valence-electron chi connectivity index (χ4n) is 4.23. The van der Waals surface area contributed by atoms with Crippen molar-refractivity contribution in [2.45, 2.75) is 0 Å². The fraction of sp³-hybridized carbons (Fsp3) is 0. The Morgan fingerprint density at radius 1 is 0.632 bits per heavy atom. The lowest BCUT2D eigenvalue weighted by Gasteiger charge is -2.12. The van der Waals surface area contributed by atoms with Crippen LogP contribution in [0.5, 0.6) is 0 Å². The second-order valence-corrected chi connectivity index (χ2v) is 7.84. The van der Waals surface area contributed by atoms with E-state index < -0.39 is 0 Å². The molecule has 0 unspecified atom stereocenters. The van der Waals surface area contributed by atoms with E-state index in [9.17, 15) is 15.8 Å². The summed E-state index contributed by atoms with van der Waals surface area (Å²) < 4.78 is 3.09. The maximum Gasteiger partial charge on any atom is 0.308 e. The summed E-state index contributed by atoms with van der Waals surface area (Å²) in [5.74, 6) is 0.416. The van der Waals surface area contributed by atoms with Crippen LogP contribution >= 0.6 is 0 Å². The monoisotopic (exact) mass is 487 g/mol. The Kier molecular flexibility index (Phi) is 5.91. The van der Waals surface area contributed by atoms with Crippen molar-refractivity contribution in [2.75, 3.05) is 0 Å². The van der Waals surface area contributed by atoms with Gasteiger partial charge >= 0.3 is 5.82 Å². The first kappa shape index (κ1) is 23.3. The maximum absolute atomic E-state index is 10.4. The normalized spacial score (nSPS) is 9.97. The van der Waals surface area contributed by atoms with Gasteiger partial charge in [-0.25, -0.2) is 9.55 Å². The Balaban J connectivity index is 1.85. The Hall–Kier alpha value is -6.47. The molecule has 0 fully saturated rings. The fourth-order valence-corrected chi connectivity index (χ4v) is 4.23. The number of rotatable bonds is 4. The van der Waals surface area contributed by atoms with E-state index in [1.165, 1.54) is 4.57 Å². The summed E-state index contributed by atoms with van der Waals surface area (Å²) in [5.41, 5.74) is 2.07. The van der Waals surface area contributed by atoms with Crippen molar-refractivity contribution in [3.8, 4) is 52.4 Å². The number of benzene rings is 3. The quantitative estimate of drug-likeness (QED) is 0.284. The molecule has 38 heavy (non-hydrogen) atoms. The van der Waals surface area contributed by atoms with Gasteiger partial charge in [0.05, 0.1) is 11.1 Å². The minimum Gasteiger partial charge on any atom is -0.373 e. The van der Waals surface area contributed by atoms with Crippen LogP contribution in [0, 0.1) is 47.1 Å². The van der Waals surface area contributed by atoms with Gasteiger partial charge in [-0.1, -0.05) is 60.6 Å². The van der Waals surface area contributed by atoms with E-state index in [-0.39, 0.29) is 40.2 Å². The van der Waals surface area contributed by atoms with Crippen molar-refractivity contribution in [3.63, 3.8) is 0 Å². The molecule has 0 spiro atoms. The van der Waals surface area contributed by atoms with Gasteiger partial charge < -0.3 is 9.69 Å². The molecule has 0 atom stereocenters. The molecule has 0 radical (unpaired) electrons. The van der Waals surface area contributed by atoms with Crippen molar-refractivity contribution < 1.29 is 0 Å². The third-order valence-electron chi connectivity index (χ3n) is 5.82. The minimum atomic E-state index is -0.0857. The van der Waals surface area contributed by atoms with Gasteiger partial charge in [-0.15, -0.1) is 0 Å². The van der Waals surface area contributed by atoms with Crippen molar-refractivity contribution in [1.82, 2.24) is 19.1 Å². The predicted octanol–water partition coefficient (Wildman–Crippen LogP) is 6.11. The third-order valence-corrected chi connectivity index (χ3v) is 5.82. The van der Waals surface area contributed by atoms with E-state index in [1.807, 2.05) is 18.2 Å². The lowest BCUT2D eigenvalue weighted by Crippen LogP contribution is -2.03. The van der Waals surface area contributed by atoms with Crippen LogP contribution in [0.3, 0.4) is 0 Å². The van der Waals surface area contributed by atoms with E-state index in [1.54, 1.807) is 71.3 Å². The lowest BCUT2D eigenvalue weighted by molar-refractivity contribution is 1.04. The second kappa shape index (κ2) is 9.65. The number of para-hydroxylation sites is 2. The van der Waals surface area contributed by atoms with Gasteiger partial charge in [0.15, 0.2) is 11.4 Å². The van der Waals surface area contributed by atoms with Gasteiger partial charge in [0.1, 0.15) is 29.7 Å². The van der Waals surface area contributed by atoms with E-state index in [4.69, 9.17) is 13.1 Å². The molecule has 2 heterocycles. The SMILES string of the molecule is [C-]#[N+]c1nc(-c2cccc(-c3nc(C#N)c(C#N)n3-c3ccccc3)c2C#N)n(-c2ccccc2)c1[N+]#[C-]. The number of imidazole rings is 2. The zero-order valence-electron chi connectivity index (χ0n) is 19.5. The number of nitriles is 3. The molecule has 5 rings (SSSR count). The number of hydrogen-bond acceptors (Lipinski definition) is 5. The zero-order valence-corrected chi connectivity index (χ0v) is 19.5. The molecule has 0 saturated carbocycles. The highest BCUT2D eigenvalue weighted by Crippen LogP contribution is 2.40. The van der Waals surface area contributed by atoms with Crippen molar-refractivity contribution in [2.24, 2.45) is 0 Å². The summed E-state index contributed by atoms with van der Waals surface area (Å²) in [6, 6.07) is 29.3. The number of aromatic nitrogens is 4. The molecule has 5 aromatic rings. The van der Waals surface area contributed by atoms with Gasteiger partial charge in [0, 0.05) is 11.3 Å². The number of nitrogens with zero attached hydrogens (tertiary/aromatic N) is 9. The molecule has 9 heteroatoms. The van der Waals surface area contributed by atoms with E-state index in [0.717, 1.165) is 0 Å². The first-order valence-corrected chi connectivity index (χ1v) is 11.1. The van der Waals surface area contributed by atoms with Crippen LogP contribution in [0.15, 0.2) is 78.9 Å². The molecular weight excluding hydrogens is 474 g/mol. The Morgan fingerprint density at radius 2 is 1.21 bits per heavy atom. The van der Waals surface area contributed by atoms with E-state index in [0.29, 0.717) is 22.5 Å². The Morgan fingerprint density at radius 3 is 1.71 bits per heavy atom. The van der Waals surface area contributed by atoms with Crippen molar-refractivity contribution in [1.29, 1.82) is 15.8 Å². The molecule has 9 nitrogen and oxygen atoms in total. The highest BCUT2D eigenvalue weighted by atomic mass is 15.2. The molecular formula is C29H13N9. The van der Waals surface area contributed by atoms with E-state index in [2.05, 4.69) is 31.8 Å². The van der Waals surface area contributed by atoms with Crippen LogP contribution in [0.25, 0.3) is 43.8 Å². The van der Waals surface area contributed by atoms with Crippen LogP contribution < -0.4 is 0 Å². The summed E-state index contributed by atoms with van der Waals surface area (Å²) >= 11 is 0. The maximum atomic E-state index is 10.4. The summed E-state index contributed by atoms with van der Waals surface area (Å²) in [6.45, 7) is 15.3.